The van der Waals surface area contributed by atoms with Gasteiger partial charge in [0.2, 0.25) is 5.91 Å². The minimum Gasteiger partial charge on any atom is -0.480 e. The highest BCUT2D eigenvalue weighted by atomic mass is 32.1. The van der Waals surface area contributed by atoms with Crippen LogP contribution in [0, 0.1) is 6.92 Å². The Kier molecular flexibility index (Phi) is 5.09. The number of amides is 1. The van der Waals surface area contributed by atoms with E-state index in [0.717, 1.165) is 10.4 Å². The molecule has 0 unspecified atom stereocenters. The van der Waals surface area contributed by atoms with Crippen molar-refractivity contribution >= 4 is 29.3 Å². The van der Waals surface area contributed by atoms with Gasteiger partial charge in [0, 0.05) is 17.0 Å². The molecule has 98 valence electrons. The van der Waals surface area contributed by atoms with Crippen molar-refractivity contribution < 1.29 is 14.7 Å². The van der Waals surface area contributed by atoms with Crippen LogP contribution in [0.15, 0.2) is 17.5 Å². The highest BCUT2D eigenvalue weighted by molar-refractivity contribution is 7.11. The number of rotatable bonds is 5. The fraction of sp³-hybridized carbons (Fsp3) is 0.385. The van der Waals surface area contributed by atoms with Crippen molar-refractivity contribution in [3.05, 3.63) is 28.0 Å². The van der Waals surface area contributed by atoms with Gasteiger partial charge >= 0.3 is 5.97 Å². The Balaban J connectivity index is 2.76. The lowest BCUT2D eigenvalue weighted by molar-refractivity contribution is -0.143. The van der Waals surface area contributed by atoms with Crippen LogP contribution in [0.3, 0.4) is 0 Å². The molecular formula is C13H17NO3S. The second-order valence-corrected chi connectivity index (χ2v) is 5.20. The van der Waals surface area contributed by atoms with Crippen LogP contribution in [-0.2, 0) is 9.59 Å². The Bertz CT molecular complexity index is 463. The van der Waals surface area contributed by atoms with Gasteiger partial charge in [0.15, 0.2) is 0 Å². The van der Waals surface area contributed by atoms with E-state index in [9.17, 15) is 9.59 Å². The lowest BCUT2D eigenvalue weighted by Gasteiger charge is -2.23. The van der Waals surface area contributed by atoms with Crippen molar-refractivity contribution in [2.75, 3.05) is 6.54 Å². The summed E-state index contributed by atoms with van der Waals surface area (Å²) in [5.41, 5.74) is 1.11. The molecule has 0 atom stereocenters. The predicted molar refractivity (Wildman–Crippen MR) is 72.6 cm³/mol. The smallest absolute Gasteiger partial charge is 0.323 e. The van der Waals surface area contributed by atoms with Crippen molar-refractivity contribution in [1.82, 2.24) is 4.90 Å². The molecule has 0 aliphatic rings. The van der Waals surface area contributed by atoms with E-state index in [-0.39, 0.29) is 18.5 Å². The first-order valence-corrected chi connectivity index (χ1v) is 6.54. The van der Waals surface area contributed by atoms with Crippen molar-refractivity contribution in [1.29, 1.82) is 0 Å². The Morgan fingerprint density at radius 3 is 2.61 bits per heavy atom. The van der Waals surface area contributed by atoms with E-state index >= 15 is 0 Å². The van der Waals surface area contributed by atoms with E-state index in [1.165, 1.54) is 11.0 Å². The molecule has 1 heterocycles. The van der Waals surface area contributed by atoms with Crippen LogP contribution >= 0.6 is 11.3 Å². The summed E-state index contributed by atoms with van der Waals surface area (Å²) in [5, 5.41) is 10.7. The third kappa shape index (κ3) is 4.00. The number of carbonyl (C=O) groups is 2. The lowest BCUT2D eigenvalue weighted by atomic mass is 10.2. The number of thiophene rings is 1. The number of hydrogen-bond acceptors (Lipinski definition) is 3. The van der Waals surface area contributed by atoms with Gasteiger partial charge in [-0.15, -0.1) is 11.3 Å². The monoisotopic (exact) mass is 267 g/mol. The molecule has 4 nitrogen and oxygen atoms in total. The molecule has 1 N–H and O–H groups in total. The number of aryl methyl sites for hydroxylation is 1. The molecule has 0 bridgehead atoms. The zero-order valence-corrected chi connectivity index (χ0v) is 11.5. The van der Waals surface area contributed by atoms with Crippen molar-refractivity contribution in [3.63, 3.8) is 0 Å². The van der Waals surface area contributed by atoms with Gasteiger partial charge in [0.25, 0.3) is 0 Å². The third-order valence-corrected chi connectivity index (χ3v) is 3.48. The number of carboxylic acids is 1. The van der Waals surface area contributed by atoms with Gasteiger partial charge in [-0.3, -0.25) is 9.59 Å². The summed E-state index contributed by atoms with van der Waals surface area (Å²) in [7, 11) is 0. The Labute approximate surface area is 111 Å². The Hall–Kier alpha value is -1.62. The summed E-state index contributed by atoms with van der Waals surface area (Å²) in [6.07, 6.45) is 3.17. The summed E-state index contributed by atoms with van der Waals surface area (Å²) in [4.78, 5) is 24.9. The van der Waals surface area contributed by atoms with E-state index in [4.69, 9.17) is 5.11 Å². The number of hydrogen-bond donors (Lipinski definition) is 1. The SMILES string of the molecule is Cc1ccsc1/C=C/C(=O)N(CC(=O)O)C(C)C. The number of carboxylic acid groups (broad SMARTS) is 1. The van der Waals surface area contributed by atoms with Gasteiger partial charge in [0.05, 0.1) is 0 Å². The predicted octanol–water partition coefficient (Wildman–Crippen LogP) is 2.39. The maximum absolute atomic E-state index is 11.9. The minimum absolute atomic E-state index is 0.136. The molecule has 0 aliphatic heterocycles. The number of nitrogens with zero attached hydrogens (tertiary/aromatic N) is 1. The molecule has 0 spiro atoms. The first-order chi connectivity index (χ1) is 8.41. The fourth-order valence-corrected chi connectivity index (χ4v) is 2.28. The van der Waals surface area contributed by atoms with Crippen LogP contribution in [0.2, 0.25) is 0 Å². The second kappa shape index (κ2) is 6.35. The molecule has 18 heavy (non-hydrogen) atoms. The lowest BCUT2D eigenvalue weighted by Crippen LogP contribution is -2.39. The molecule has 0 fully saturated rings. The van der Waals surface area contributed by atoms with Gasteiger partial charge in [-0.25, -0.2) is 0 Å². The zero-order valence-electron chi connectivity index (χ0n) is 10.7. The molecule has 0 saturated carbocycles. The van der Waals surface area contributed by atoms with Gasteiger partial charge in [0.1, 0.15) is 6.54 Å². The van der Waals surface area contributed by atoms with E-state index in [0.29, 0.717) is 0 Å². The highest BCUT2D eigenvalue weighted by Crippen LogP contribution is 2.17. The van der Waals surface area contributed by atoms with Crippen molar-refractivity contribution in [2.45, 2.75) is 26.8 Å². The Morgan fingerprint density at radius 2 is 2.17 bits per heavy atom. The largest absolute Gasteiger partial charge is 0.480 e. The summed E-state index contributed by atoms with van der Waals surface area (Å²) in [6.45, 7) is 5.29. The van der Waals surface area contributed by atoms with Crippen LogP contribution in [0.1, 0.15) is 24.3 Å². The zero-order chi connectivity index (χ0) is 13.7. The molecule has 0 aromatic carbocycles. The first-order valence-electron chi connectivity index (χ1n) is 5.66. The average Bonchev–Trinajstić information content (AvgIpc) is 2.68. The molecule has 0 aliphatic carbocycles. The van der Waals surface area contributed by atoms with Crippen molar-refractivity contribution in [2.24, 2.45) is 0 Å². The topological polar surface area (TPSA) is 57.6 Å². The summed E-state index contributed by atoms with van der Waals surface area (Å²) in [6, 6.07) is 1.84. The maximum atomic E-state index is 11.9. The van der Waals surface area contributed by atoms with Gasteiger partial charge in [-0.1, -0.05) is 0 Å². The van der Waals surface area contributed by atoms with Gasteiger partial charge in [-0.05, 0) is 43.9 Å². The quantitative estimate of drug-likeness (QED) is 0.833. The fourth-order valence-electron chi connectivity index (χ4n) is 1.46. The summed E-state index contributed by atoms with van der Waals surface area (Å²) >= 11 is 1.55. The Morgan fingerprint density at radius 1 is 1.50 bits per heavy atom. The molecule has 5 heteroatoms. The minimum atomic E-state index is -1.00. The van der Waals surface area contributed by atoms with E-state index in [1.54, 1.807) is 31.3 Å². The molecule has 1 amide bonds. The van der Waals surface area contributed by atoms with Gasteiger partial charge in [-0.2, -0.15) is 0 Å². The van der Waals surface area contributed by atoms with Crippen molar-refractivity contribution in [3.8, 4) is 0 Å². The first kappa shape index (κ1) is 14.4. The molecule has 0 radical (unpaired) electrons. The van der Waals surface area contributed by atoms with Crippen LogP contribution in [0.5, 0.6) is 0 Å². The molecule has 1 aromatic rings. The van der Waals surface area contributed by atoms with Crippen LogP contribution < -0.4 is 0 Å². The molecule has 0 saturated heterocycles. The maximum Gasteiger partial charge on any atom is 0.323 e. The van der Waals surface area contributed by atoms with Crippen LogP contribution in [0.25, 0.3) is 6.08 Å². The van der Waals surface area contributed by atoms with E-state index < -0.39 is 5.97 Å². The normalized spacial score (nSPS) is 11.1. The molecular weight excluding hydrogens is 250 g/mol. The second-order valence-electron chi connectivity index (χ2n) is 4.25. The van der Waals surface area contributed by atoms with E-state index in [1.807, 2.05) is 18.4 Å². The molecule has 1 aromatic heterocycles. The average molecular weight is 267 g/mol. The summed E-state index contributed by atoms with van der Waals surface area (Å²) < 4.78 is 0. The highest BCUT2D eigenvalue weighted by Gasteiger charge is 2.17. The number of aliphatic carboxylic acids is 1. The number of carbonyl (C=O) groups excluding carboxylic acids is 1. The molecule has 1 rings (SSSR count). The van der Waals surface area contributed by atoms with Gasteiger partial charge < -0.3 is 10.0 Å². The van der Waals surface area contributed by atoms with Crippen LogP contribution in [0.4, 0.5) is 0 Å². The van der Waals surface area contributed by atoms with Crippen LogP contribution in [-0.4, -0.2) is 34.5 Å². The standard InChI is InChI=1S/C13H17NO3S/c1-9(2)14(8-13(16)17)12(15)5-4-11-10(3)6-7-18-11/h4-7,9H,8H2,1-3H3,(H,16,17)/b5-4+. The van der Waals surface area contributed by atoms with E-state index in [2.05, 4.69) is 0 Å². The third-order valence-electron chi connectivity index (χ3n) is 2.49. The summed E-state index contributed by atoms with van der Waals surface area (Å²) in [5.74, 6) is -1.28.